The third-order valence-corrected chi connectivity index (χ3v) is 5.83. The van der Waals surface area contributed by atoms with Crippen LogP contribution in [0.4, 0.5) is 0 Å². The quantitative estimate of drug-likeness (QED) is 0.700. The van der Waals surface area contributed by atoms with Crippen LogP contribution in [0, 0.1) is 23.2 Å². The van der Waals surface area contributed by atoms with Crippen molar-refractivity contribution in [2.75, 3.05) is 26.2 Å². The number of hydrogen-bond acceptors (Lipinski definition) is 3. The maximum absolute atomic E-state index is 11.7. The summed E-state index contributed by atoms with van der Waals surface area (Å²) in [5.41, 5.74) is 0.525. The summed E-state index contributed by atoms with van der Waals surface area (Å²) in [6.07, 6.45) is 8.71. The maximum Gasteiger partial charge on any atom is 0.320 e. The van der Waals surface area contributed by atoms with Crippen molar-refractivity contribution in [3.63, 3.8) is 0 Å². The van der Waals surface area contributed by atoms with Crippen molar-refractivity contribution in [2.24, 2.45) is 23.2 Å². The van der Waals surface area contributed by atoms with Crippen molar-refractivity contribution >= 4 is 5.97 Å². The Balaban J connectivity index is 1.62. The van der Waals surface area contributed by atoms with Crippen LogP contribution in [0.25, 0.3) is 0 Å². The lowest BCUT2D eigenvalue weighted by Gasteiger charge is -2.57. The van der Waals surface area contributed by atoms with Gasteiger partial charge in [-0.25, -0.2) is 0 Å². The largest absolute Gasteiger partial charge is 0.465 e. The van der Waals surface area contributed by atoms with Gasteiger partial charge in [0.1, 0.15) is 0 Å². The van der Waals surface area contributed by atoms with Crippen LogP contribution >= 0.6 is 0 Å². The highest BCUT2D eigenvalue weighted by atomic mass is 16.5. The molecule has 4 fully saturated rings. The van der Waals surface area contributed by atoms with Crippen LogP contribution in [0.1, 0.15) is 52.4 Å². The van der Waals surface area contributed by atoms with Gasteiger partial charge in [0.2, 0.25) is 0 Å². The molecule has 4 saturated carbocycles. The fourth-order valence-electron chi connectivity index (χ4n) is 5.63. The Morgan fingerprint density at radius 3 is 2.10 bits per heavy atom. The minimum atomic E-state index is -0.0564. The predicted octanol–water partition coefficient (Wildman–Crippen LogP) is 3.09. The Kier molecular flexibility index (Phi) is 4.07. The molecule has 3 nitrogen and oxygen atoms in total. The molecule has 0 aromatic carbocycles. The predicted molar refractivity (Wildman–Crippen MR) is 79.4 cm³/mol. The summed E-state index contributed by atoms with van der Waals surface area (Å²) < 4.78 is 5.11. The van der Waals surface area contributed by atoms with E-state index in [2.05, 4.69) is 11.8 Å². The van der Waals surface area contributed by atoms with Gasteiger partial charge < -0.3 is 4.74 Å². The van der Waals surface area contributed by atoms with E-state index >= 15 is 0 Å². The minimum Gasteiger partial charge on any atom is -0.465 e. The SMILES string of the molecule is CCOC(=O)CN(CC)CC12CC3CC(CC(C3)C1)C2. The standard InChI is InChI=1S/C17H29NO2/c1-3-18(11-16(19)20-4-2)12-17-8-13-5-14(9-17)7-15(6-13)10-17/h13-15H,3-12H2,1-2H3. The first kappa shape index (κ1) is 14.4. The Morgan fingerprint density at radius 2 is 1.65 bits per heavy atom. The lowest BCUT2D eigenvalue weighted by molar-refractivity contribution is -0.145. The minimum absolute atomic E-state index is 0.0564. The van der Waals surface area contributed by atoms with Gasteiger partial charge >= 0.3 is 5.97 Å². The van der Waals surface area contributed by atoms with Gasteiger partial charge in [-0.1, -0.05) is 6.92 Å². The van der Waals surface area contributed by atoms with Crippen LogP contribution in [0.2, 0.25) is 0 Å². The molecule has 0 amide bonds. The molecule has 0 saturated heterocycles. The van der Waals surface area contributed by atoms with E-state index in [9.17, 15) is 4.79 Å². The van der Waals surface area contributed by atoms with Gasteiger partial charge in [0.15, 0.2) is 0 Å². The topological polar surface area (TPSA) is 29.5 Å². The monoisotopic (exact) mass is 279 g/mol. The van der Waals surface area contributed by atoms with Crippen LogP contribution in [0.5, 0.6) is 0 Å². The summed E-state index contributed by atoms with van der Waals surface area (Å²) in [6.45, 7) is 7.10. The number of esters is 1. The van der Waals surface area contributed by atoms with E-state index in [1.165, 1.54) is 38.5 Å². The Hall–Kier alpha value is -0.570. The summed E-state index contributed by atoms with van der Waals surface area (Å²) in [5, 5.41) is 0. The zero-order valence-electron chi connectivity index (χ0n) is 13.1. The highest BCUT2D eigenvalue weighted by Gasteiger charge is 2.51. The summed E-state index contributed by atoms with van der Waals surface area (Å²) in [7, 11) is 0. The molecule has 0 unspecified atom stereocenters. The summed E-state index contributed by atoms with van der Waals surface area (Å²) in [4.78, 5) is 14.1. The zero-order chi connectivity index (χ0) is 14.2. The third-order valence-electron chi connectivity index (χ3n) is 5.83. The van der Waals surface area contributed by atoms with Gasteiger partial charge in [-0.05, 0) is 75.2 Å². The van der Waals surface area contributed by atoms with Crippen molar-refractivity contribution in [1.29, 1.82) is 0 Å². The smallest absolute Gasteiger partial charge is 0.320 e. The van der Waals surface area contributed by atoms with Crippen LogP contribution in [-0.2, 0) is 9.53 Å². The van der Waals surface area contributed by atoms with Crippen molar-refractivity contribution in [2.45, 2.75) is 52.4 Å². The second-order valence-electron chi connectivity index (χ2n) is 7.53. The lowest BCUT2D eigenvalue weighted by Crippen LogP contribution is -2.51. The van der Waals surface area contributed by atoms with Gasteiger partial charge in [0.25, 0.3) is 0 Å². The number of rotatable bonds is 6. The number of ether oxygens (including phenoxy) is 1. The molecule has 20 heavy (non-hydrogen) atoms. The highest BCUT2D eigenvalue weighted by molar-refractivity contribution is 5.71. The molecular weight excluding hydrogens is 250 g/mol. The third kappa shape index (κ3) is 2.88. The second-order valence-corrected chi connectivity index (χ2v) is 7.53. The van der Waals surface area contributed by atoms with E-state index in [1.807, 2.05) is 6.92 Å². The number of likely N-dealkylation sites (N-methyl/N-ethyl adjacent to an activating group) is 1. The van der Waals surface area contributed by atoms with E-state index in [1.54, 1.807) is 0 Å². The molecule has 0 aromatic heterocycles. The van der Waals surface area contributed by atoms with Gasteiger partial charge in [-0.2, -0.15) is 0 Å². The van der Waals surface area contributed by atoms with Gasteiger partial charge in [0.05, 0.1) is 13.2 Å². The number of hydrogen-bond donors (Lipinski definition) is 0. The molecule has 0 radical (unpaired) electrons. The van der Waals surface area contributed by atoms with E-state index in [-0.39, 0.29) is 5.97 Å². The molecular formula is C17H29NO2. The molecule has 4 aliphatic rings. The molecule has 0 aromatic rings. The van der Waals surface area contributed by atoms with Crippen molar-refractivity contribution in [1.82, 2.24) is 4.90 Å². The van der Waals surface area contributed by atoms with Crippen LogP contribution in [-0.4, -0.2) is 37.1 Å². The fraction of sp³-hybridized carbons (Fsp3) is 0.941. The molecule has 114 valence electrons. The van der Waals surface area contributed by atoms with Crippen LogP contribution in [0.15, 0.2) is 0 Å². The number of nitrogens with zero attached hydrogens (tertiary/aromatic N) is 1. The van der Waals surface area contributed by atoms with Crippen LogP contribution in [0.3, 0.4) is 0 Å². The van der Waals surface area contributed by atoms with Gasteiger partial charge in [0, 0.05) is 6.54 Å². The first-order valence-electron chi connectivity index (χ1n) is 8.50. The molecule has 0 atom stereocenters. The highest BCUT2D eigenvalue weighted by Crippen LogP contribution is 2.60. The molecule has 0 aliphatic heterocycles. The normalized spacial score (nSPS) is 38.5. The van der Waals surface area contributed by atoms with Gasteiger partial charge in [-0.3, -0.25) is 9.69 Å². The molecule has 0 heterocycles. The molecule has 4 bridgehead atoms. The molecule has 0 N–H and O–H groups in total. The maximum atomic E-state index is 11.7. The summed E-state index contributed by atoms with van der Waals surface area (Å²) in [6, 6.07) is 0. The number of carbonyl (C=O) groups excluding carboxylic acids is 1. The Labute approximate surface area is 123 Å². The molecule has 4 aliphatic carbocycles. The first-order chi connectivity index (χ1) is 9.62. The van der Waals surface area contributed by atoms with Crippen LogP contribution < -0.4 is 0 Å². The summed E-state index contributed by atoms with van der Waals surface area (Å²) in [5.74, 6) is 2.91. The van der Waals surface area contributed by atoms with E-state index < -0.39 is 0 Å². The average molecular weight is 279 g/mol. The number of carbonyl (C=O) groups is 1. The first-order valence-corrected chi connectivity index (χ1v) is 8.50. The molecule has 0 spiro atoms. The van der Waals surface area contributed by atoms with E-state index in [0.717, 1.165) is 30.8 Å². The lowest BCUT2D eigenvalue weighted by atomic mass is 9.49. The van der Waals surface area contributed by atoms with Crippen molar-refractivity contribution in [3.05, 3.63) is 0 Å². The average Bonchev–Trinajstić information content (AvgIpc) is 2.36. The van der Waals surface area contributed by atoms with Crippen molar-refractivity contribution in [3.8, 4) is 0 Å². The van der Waals surface area contributed by atoms with Gasteiger partial charge in [-0.15, -0.1) is 0 Å². The van der Waals surface area contributed by atoms with E-state index in [4.69, 9.17) is 4.74 Å². The fourth-order valence-corrected chi connectivity index (χ4v) is 5.63. The van der Waals surface area contributed by atoms with E-state index in [0.29, 0.717) is 18.6 Å². The molecule has 3 heteroatoms. The summed E-state index contributed by atoms with van der Waals surface area (Å²) >= 11 is 0. The second kappa shape index (κ2) is 5.67. The zero-order valence-corrected chi connectivity index (χ0v) is 13.1. The van der Waals surface area contributed by atoms with Crippen molar-refractivity contribution < 1.29 is 9.53 Å². The molecule has 4 rings (SSSR count). The Morgan fingerprint density at radius 1 is 1.10 bits per heavy atom. The Bertz CT molecular complexity index is 331.